The molecule has 1 aromatic rings. The van der Waals surface area contributed by atoms with E-state index in [9.17, 15) is 8.42 Å². The maximum absolute atomic E-state index is 12.4. The van der Waals surface area contributed by atoms with Crippen LogP contribution in [0.4, 0.5) is 0 Å². The van der Waals surface area contributed by atoms with E-state index < -0.39 is 15.6 Å². The first-order valence-electron chi connectivity index (χ1n) is 5.85. The van der Waals surface area contributed by atoms with Crippen molar-refractivity contribution >= 4 is 27.2 Å². The first kappa shape index (κ1) is 14.4. The van der Waals surface area contributed by atoms with Gasteiger partial charge in [-0.3, -0.25) is 0 Å². The standard InChI is InChI=1S/C12H16N2O3S2/c1-12(6-7-17-8-12)14-19(15,16)10-5-3-2-4-9(10)11(13)18/h2-5,14H,6-8H2,1H3,(H2,13,18). The molecule has 0 saturated carbocycles. The van der Waals surface area contributed by atoms with E-state index in [4.69, 9.17) is 22.7 Å². The molecule has 7 heteroatoms. The van der Waals surface area contributed by atoms with Crippen LogP contribution in [0.15, 0.2) is 29.2 Å². The first-order chi connectivity index (χ1) is 8.84. The van der Waals surface area contributed by atoms with E-state index in [1.54, 1.807) is 18.2 Å². The Hall–Kier alpha value is -1.02. The fraction of sp³-hybridized carbons (Fsp3) is 0.417. The summed E-state index contributed by atoms with van der Waals surface area (Å²) in [5, 5.41) is 0. The maximum Gasteiger partial charge on any atom is 0.241 e. The fourth-order valence-electron chi connectivity index (χ4n) is 2.03. The van der Waals surface area contributed by atoms with Gasteiger partial charge in [0.15, 0.2) is 0 Å². The second kappa shape index (κ2) is 5.16. The van der Waals surface area contributed by atoms with Crippen LogP contribution < -0.4 is 10.5 Å². The first-order valence-corrected chi connectivity index (χ1v) is 7.74. The predicted octanol–water partition coefficient (Wildman–Crippen LogP) is 0.778. The number of hydrogen-bond acceptors (Lipinski definition) is 4. The molecular formula is C12H16N2O3S2. The zero-order valence-corrected chi connectivity index (χ0v) is 12.2. The summed E-state index contributed by atoms with van der Waals surface area (Å²) in [4.78, 5) is 0.171. The van der Waals surface area contributed by atoms with Crippen molar-refractivity contribution in [3.8, 4) is 0 Å². The van der Waals surface area contributed by atoms with Crippen LogP contribution in [0.5, 0.6) is 0 Å². The van der Waals surface area contributed by atoms with Gasteiger partial charge in [0.2, 0.25) is 10.0 Å². The second-order valence-electron chi connectivity index (χ2n) is 4.83. The van der Waals surface area contributed by atoms with Gasteiger partial charge in [0, 0.05) is 12.2 Å². The average molecular weight is 300 g/mol. The Labute approximate surface area is 118 Å². The lowest BCUT2D eigenvalue weighted by molar-refractivity contribution is 0.178. The molecule has 0 radical (unpaired) electrons. The monoisotopic (exact) mass is 300 g/mol. The highest BCUT2D eigenvalue weighted by Gasteiger charge is 2.35. The van der Waals surface area contributed by atoms with Gasteiger partial charge in [-0.15, -0.1) is 0 Å². The van der Waals surface area contributed by atoms with Crippen molar-refractivity contribution < 1.29 is 13.2 Å². The molecular weight excluding hydrogens is 284 g/mol. The Morgan fingerprint density at radius 3 is 2.74 bits per heavy atom. The lowest BCUT2D eigenvalue weighted by Crippen LogP contribution is -2.46. The molecule has 1 fully saturated rings. The van der Waals surface area contributed by atoms with Gasteiger partial charge in [0.05, 0.1) is 17.0 Å². The van der Waals surface area contributed by atoms with Crippen LogP contribution in [-0.4, -0.2) is 32.2 Å². The Balaban J connectivity index is 2.37. The molecule has 1 atom stereocenters. The summed E-state index contributed by atoms with van der Waals surface area (Å²) in [5.41, 5.74) is 5.34. The van der Waals surface area contributed by atoms with Gasteiger partial charge in [0.1, 0.15) is 4.99 Å². The molecule has 19 heavy (non-hydrogen) atoms. The fourth-order valence-corrected chi connectivity index (χ4v) is 3.92. The average Bonchev–Trinajstić information content (AvgIpc) is 2.74. The largest absolute Gasteiger partial charge is 0.389 e. The summed E-state index contributed by atoms with van der Waals surface area (Å²) < 4.78 is 32.8. The molecule has 0 spiro atoms. The lowest BCUT2D eigenvalue weighted by atomic mass is 10.0. The number of benzene rings is 1. The predicted molar refractivity (Wildman–Crippen MR) is 76.5 cm³/mol. The molecule has 1 aliphatic heterocycles. The minimum atomic E-state index is -3.68. The molecule has 1 saturated heterocycles. The number of sulfonamides is 1. The number of rotatable bonds is 4. The molecule has 1 unspecified atom stereocenters. The SMILES string of the molecule is CC1(NS(=O)(=O)c2ccccc2C(N)=S)CCOC1. The molecule has 0 aliphatic carbocycles. The molecule has 1 heterocycles. The zero-order valence-electron chi connectivity index (χ0n) is 10.5. The molecule has 1 aromatic carbocycles. The molecule has 2 rings (SSSR count). The van der Waals surface area contributed by atoms with Gasteiger partial charge in [-0.2, -0.15) is 0 Å². The number of nitrogens with one attached hydrogen (secondary N) is 1. The quantitative estimate of drug-likeness (QED) is 0.803. The van der Waals surface area contributed by atoms with E-state index in [0.717, 1.165) is 0 Å². The number of nitrogens with two attached hydrogens (primary N) is 1. The van der Waals surface area contributed by atoms with E-state index >= 15 is 0 Å². The molecule has 1 aliphatic rings. The highest BCUT2D eigenvalue weighted by Crippen LogP contribution is 2.23. The van der Waals surface area contributed by atoms with E-state index in [1.165, 1.54) is 6.07 Å². The number of ether oxygens (including phenoxy) is 1. The van der Waals surface area contributed by atoms with E-state index in [2.05, 4.69) is 4.72 Å². The van der Waals surface area contributed by atoms with Crippen molar-refractivity contribution in [3.05, 3.63) is 29.8 Å². The highest BCUT2D eigenvalue weighted by molar-refractivity contribution is 7.89. The van der Waals surface area contributed by atoms with Gasteiger partial charge in [-0.05, 0) is 19.4 Å². The van der Waals surface area contributed by atoms with Crippen LogP contribution >= 0.6 is 12.2 Å². The third kappa shape index (κ3) is 3.11. The van der Waals surface area contributed by atoms with Crippen molar-refractivity contribution in [2.75, 3.05) is 13.2 Å². The Morgan fingerprint density at radius 1 is 1.47 bits per heavy atom. The summed E-state index contributed by atoms with van der Waals surface area (Å²) >= 11 is 4.89. The number of thiocarbonyl (C=S) groups is 1. The van der Waals surface area contributed by atoms with Gasteiger partial charge < -0.3 is 10.5 Å². The summed E-state index contributed by atoms with van der Waals surface area (Å²) in [7, 11) is -3.68. The van der Waals surface area contributed by atoms with Crippen molar-refractivity contribution in [2.24, 2.45) is 5.73 Å². The summed E-state index contributed by atoms with van der Waals surface area (Å²) in [6, 6.07) is 6.44. The summed E-state index contributed by atoms with van der Waals surface area (Å²) in [6.07, 6.45) is 0.640. The van der Waals surface area contributed by atoms with Crippen LogP contribution in [0.25, 0.3) is 0 Å². The molecule has 0 aromatic heterocycles. The Bertz CT molecular complexity index is 593. The van der Waals surface area contributed by atoms with Crippen LogP contribution in [-0.2, 0) is 14.8 Å². The summed E-state index contributed by atoms with van der Waals surface area (Å²) in [6.45, 7) is 2.73. The number of hydrogen-bond donors (Lipinski definition) is 2. The van der Waals surface area contributed by atoms with Crippen LogP contribution in [0.1, 0.15) is 18.9 Å². The second-order valence-corrected chi connectivity index (χ2v) is 6.92. The summed E-state index contributed by atoms with van der Waals surface area (Å²) in [5.74, 6) is 0. The molecule has 5 nitrogen and oxygen atoms in total. The minimum absolute atomic E-state index is 0.0637. The van der Waals surface area contributed by atoms with Gasteiger partial charge >= 0.3 is 0 Å². The van der Waals surface area contributed by atoms with Crippen LogP contribution in [0, 0.1) is 0 Å². The minimum Gasteiger partial charge on any atom is -0.389 e. The van der Waals surface area contributed by atoms with Gasteiger partial charge in [-0.25, -0.2) is 13.1 Å². The smallest absolute Gasteiger partial charge is 0.241 e. The zero-order chi connectivity index (χ0) is 14.1. The molecule has 0 amide bonds. The normalized spacial score (nSPS) is 23.4. The van der Waals surface area contributed by atoms with Crippen molar-refractivity contribution in [1.29, 1.82) is 0 Å². The third-order valence-corrected chi connectivity index (χ3v) is 4.96. The molecule has 104 valence electrons. The van der Waals surface area contributed by atoms with Gasteiger partial charge in [-0.1, -0.05) is 30.4 Å². The lowest BCUT2D eigenvalue weighted by Gasteiger charge is -2.23. The van der Waals surface area contributed by atoms with Crippen molar-refractivity contribution in [3.63, 3.8) is 0 Å². The van der Waals surface area contributed by atoms with E-state index in [-0.39, 0.29) is 9.88 Å². The van der Waals surface area contributed by atoms with Gasteiger partial charge in [0.25, 0.3) is 0 Å². The Kier molecular flexibility index (Phi) is 3.91. The Morgan fingerprint density at radius 2 is 2.16 bits per heavy atom. The van der Waals surface area contributed by atoms with Crippen molar-refractivity contribution in [2.45, 2.75) is 23.8 Å². The van der Waals surface area contributed by atoms with Crippen LogP contribution in [0.3, 0.4) is 0 Å². The maximum atomic E-state index is 12.4. The third-order valence-electron chi connectivity index (χ3n) is 3.04. The molecule has 0 bridgehead atoms. The van der Waals surface area contributed by atoms with Crippen molar-refractivity contribution in [1.82, 2.24) is 4.72 Å². The van der Waals surface area contributed by atoms with E-state index in [1.807, 2.05) is 6.92 Å². The molecule has 3 N–H and O–H groups in total. The highest BCUT2D eigenvalue weighted by atomic mass is 32.2. The topological polar surface area (TPSA) is 81.4 Å². The van der Waals surface area contributed by atoms with Crippen LogP contribution in [0.2, 0.25) is 0 Å². The van der Waals surface area contributed by atoms with E-state index in [0.29, 0.717) is 25.2 Å².